The average molecular weight is 535 g/mol. The van der Waals surface area contributed by atoms with Crippen LogP contribution in [-0.2, 0) is 11.3 Å². The van der Waals surface area contributed by atoms with E-state index < -0.39 is 11.7 Å². The first-order valence-electron chi connectivity index (χ1n) is 10.6. The van der Waals surface area contributed by atoms with E-state index in [1.54, 1.807) is 52.8 Å². The fraction of sp³-hybridized carbons (Fsp3) is 0.391. The molecule has 182 valence electrons. The van der Waals surface area contributed by atoms with Gasteiger partial charge in [-0.15, -0.1) is 10.2 Å². The van der Waals surface area contributed by atoms with Crippen molar-refractivity contribution in [2.45, 2.75) is 46.8 Å². The first-order valence-corrected chi connectivity index (χ1v) is 11.4. The minimum absolute atomic E-state index is 0.0807. The fourth-order valence-corrected chi connectivity index (χ4v) is 3.65. The van der Waals surface area contributed by atoms with E-state index >= 15 is 0 Å². The van der Waals surface area contributed by atoms with Crippen molar-refractivity contribution in [2.75, 3.05) is 13.2 Å². The Kier molecular flexibility index (Phi) is 7.78. The summed E-state index contributed by atoms with van der Waals surface area (Å²) in [6.45, 7) is 8.86. The quantitative estimate of drug-likeness (QED) is 0.290. The first-order chi connectivity index (χ1) is 16.0. The van der Waals surface area contributed by atoms with E-state index in [4.69, 9.17) is 13.9 Å². The van der Waals surface area contributed by atoms with E-state index in [-0.39, 0.29) is 37.3 Å². The van der Waals surface area contributed by atoms with Gasteiger partial charge in [0.25, 0.3) is 5.89 Å². The minimum atomic E-state index is -0.595. The lowest BCUT2D eigenvalue weighted by atomic mass is 9.99. The molecule has 0 aliphatic carbocycles. The number of nitrogens with one attached hydrogen (secondary N) is 2. The number of H-pyrrole nitrogens is 1. The van der Waals surface area contributed by atoms with Gasteiger partial charge in [0.15, 0.2) is 5.78 Å². The van der Waals surface area contributed by atoms with Gasteiger partial charge in [0.05, 0.1) is 12.1 Å². The Hall–Kier alpha value is -3.18. The summed E-state index contributed by atoms with van der Waals surface area (Å²) in [7, 11) is 0. The number of ether oxygens (including phenoxy) is 2. The third kappa shape index (κ3) is 6.03. The number of hydrogen-bond acceptors (Lipinski definition) is 8. The number of amides is 1. The van der Waals surface area contributed by atoms with Crippen LogP contribution in [0.4, 0.5) is 4.79 Å². The van der Waals surface area contributed by atoms with Crippen molar-refractivity contribution < 1.29 is 28.6 Å². The largest absolute Gasteiger partial charge is 0.491 e. The predicted molar refractivity (Wildman–Crippen MR) is 127 cm³/mol. The third-order valence-corrected chi connectivity index (χ3v) is 5.19. The molecule has 34 heavy (non-hydrogen) atoms. The van der Waals surface area contributed by atoms with E-state index in [0.29, 0.717) is 38.3 Å². The Labute approximate surface area is 205 Å². The number of aryl methyl sites for hydroxylation is 1. The Bertz CT molecular complexity index is 1190. The Morgan fingerprint density at radius 3 is 2.62 bits per heavy atom. The van der Waals surface area contributed by atoms with Crippen LogP contribution in [0.2, 0.25) is 0 Å². The summed E-state index contributed by atoms with van der Waals surface area (Å²) in [5.41, 5.74) is 1.97. The second-order valence-corrected chi connectivity index (χ2v) is 9.45. The van der Waals surface area contributed by atoms with Gasteiger partial charge in [-0.1, -0.05) is 15.9 Å². The highest BCUT2D eigenvalue weighted by molar-refractivity contribution is 9.10. The summed E-state index contributed by atoms with van der Waals surface area (Å²) < 4.78 is 17.1. The standard InChI is InChI=1S/C23H27BrN4O6/c1-12-18(13(2)26-19(12)21-28-27-17(11-29)33-21)20(30)15-10-14(24)6-7-16(15)32-9-8-25-22(31)34-23(3,4)5/h6-7,10,26,29H,8-9,11H2,1-5H3,(H,25,31). The zero-order valence-corrected chi connectivity index (χ0v) is 21.2. The number of nitrogens with zero attached hydrogens (tertiary/aromatic N) is 2. The van der Waals surface area contributed by atoms with Gasteiger partial charge in [0.2, 0.25) is 5.89 Å². The molecule has 2 aromatic heterocycles. The normalized spacial score (nSPS) is 11.4. The van der Waals surface area contributed by atoms with Crippen molar-refractivity contribution in [3.05, 3.63) is 50.9 Å². The topological polar surface area (TPSA) is 140 Å². The Balaban J connectivity index is 1.79. The summed E-state index contributed by atoms with van der Waals surface area (Å²) in [5.74, 6) is 0.386. The number of aliphatic hydroxyl groups is 1. The second-order valence-electron chi connectivity index (χ2n) is 8.53. The van der Waals surface area contributed by atoms with Gasteiger partial charge in [-0.3, -0.25) is 4.79 Å². The highest BCUT2D eigenvalue weighted by atomic mass is 79.9. The molecule has 3 rings (SSSR count). The third-order valence-electron chi connectivity index (χ3n) is 4.69. The van der Waals surface area contributed by atoms with Gasteiger partial charge < -0.3 is 29.3 Å². The molecule has 2 heterocycles. The zero-order chi connectivity index (χ0) is 25.0. The van der Waals surface area contributed by atoms with Gasteiger partial charge in [-0.25, -0.2) is 4.79 Å². The molecule has 0 radical (unpaired) electrons. The number of ketones is 1. The van der Waals surface area contributed by atoms with Crippen LogP contribution in [0.25, 0.3) is 11.6 Å². The summed E-state index contributed by atoms with van der Waals surface area (Å²) in [4.78, 5) is 28.5. The van der Waals surface area contributed by atoms with Crippen LogP contribution in [0.5, 0.6) is 5.75 Å². The molecule has 0 aliphatic rings. The number of carbonyl (C=O) groups excluding carboxylic acids is 2. The number of hydrogen-bond donors (Lipinski definition) is 3. The Morgan fingerprint density at radius 2 is 1.97 bits per heavy atom. The van der Waals surface area contributed by atoms with E-state index in [1.165, 1.54) is 0 Å². The number of carbonyl (C=O) groups is 2. The van der Waals surface area contributed by atoms with Gasteiger partial charge in [0, 0.05) is 15.7 Å². The summed E-state index contributed by atoms with van der Waals surface area (Å²) in [5, 5.41) is 19.5. The number of alkyl carbamates (subject to hydrolysis) is 1. The van der Waals surface area contributed by atoms with Crippen molar-refractivity contribution in [1.29, 1.82) is 0 Å². The van der Waals surface area contributed by atoms with E-state index in [9.17, 15) is 14.7 Å². The minimum Gasteiger partial charge on any atom is -0.491 e. The molecule has 0 aliphatic heterocycles. The van der Waals surface area contributed by atoms with Crippen LogP contribution in [-0.4, -0.2) is 50.9 Å². The number of rotatable bonds is 8. The maximum Gasteiger partial charge on any atom is 0.407 e. The number of aromatic amines is 1. The smallest absolute Gasteiger partial charge is 0.407 e. The highest BCUT2D eigenvalue weighted by Crippen LogP contribution is 2.32. The van der Waals surface area contributed by atoms with Crippen LogP contribution in [0.3, 0.4) is 0 Å². The summed E-state index contributed by atoms with van der Waals surface area (Å²) in [6.07, 6.45) is -0.542. The molecule has 1 aromatic carbocycles. The average Bonchev–Trinajstić information content (AvgIpc) is 3.34. The monoisotopic (exact) mass is 534 g/mol. The lowest BCUT2D eigenvalue weighted by molar-refractivity contribution is 0.0519. The van der Waals surface area contributed by atoms with Gasteiger partial charge in [0.1, 0.15) is 30.3 Å². The van der Waals surface area contributed by atoms with Crippen molar-refractivity contribution in [3.63, 3.8) is 0 Å². The van der Waals surface area contributed by atoms with E-state index in [2.05, 4.69) is 36.4 Å². The molecule has 0 fully saturated rings. The fourth-order valence-electron chi connectivity index (χ4n) is 3.29. The summed E-state index contributed by atoms with van der Waals surface area (Å²) in [6, 6.07) is 5.14. The number of halogens is 1. The molecule has 3 N–H and O–H groups in total. The lowest BCUT2D eigenvalue weighted by Crippen LogP contribution is -2.34. The van der Waals surface area contributed by atoms with Gasteiger partial charge >= 0.3 is 6.09 Å². The molecule has 11 heteroatoms. The molecule has 0 bridgehead atoms. The SMILES string of the molecule is Cc1[nH]c(-c2nnc(CO)o2)c(C)c1C(=O)c1cc(Br)ccc1OCCNC(=O)OC(C)(C)C. The molecule has 0 unspecified atom stereocenters. The predicted octanol–water partition coefficient (Wildman–Crippen LogP) is 4.07. The van der Waals surface area contributed by atoms with Crippen molar-refractivity contribution in [3.8, 4) is 17.3 Å². The van der Waals surface area contributed by atoms with E-state index in [0.717, 1.165) is 0 Å². The molecule has 3 aromatic rings. The summed E-state index contributed by atoms with van der Waals surface area (Å²) >= 11 is 3.41. The van der Waals surface area contributed by atoms with E-state index in [1.807, 2.05) is 0 Å². The number of aliphatic hydroxyl groups excluding tert-OH is 1. The highest BCUT2D eigenvalue weighted by Gasteiger charge is 2.25. The molecule has 0 saturated carbocycles. The molecular weight excluding hydrogens is 508 g/mol. The molecule has 1 amide bonds. The maximum absolute atomic E-state index is 13.5. The van der Waals surface area contributed by atoms with Crippen LogP contribution in [0.1, 0.15) is 53.8 Å². The van der Waals surface area contributed by atoms with Crippen LogP contribution < -0.4 is 10.1 Å². The lowest BCUT2D eigenvalue weighted by Gasteiger charge is -2.19. The zero-order valence-electron chi connectivity index (χ0n) is 19.6. The van der Waals surface area contributed by atoms with Crippen molar-refractivity contribution >= 4 is 27.8 Å². The van der Waals surface area contributed by atoms with Gasteiger partial charge in [-0.2, -0.15) is 0 Å². The molecule has 0 saturated heterocycles. The van der Waals surface area contributed by atoms with Crippen LogP contribution in [0.15, 0.2) is 27.1 Å². The molecule has 10 nitrogen and oxygen atoms in total. The van der Waals surface area contributed by atoms with Crippen molar-refractivity contribution in [2.24, 2.45) is 0 Å². The number of benzene rings is 1. The first kappa shape index (κ1) is 25.4. The maximum atomic E-state index is 13.5. The van der Waals surface area contributed by atoms with Gasteiger partial charge in [-0.05, 0) is 58.4 Å². The molecular formula is C23H27BrN4O6. The number of aromatic nitrogens is 3. The molecule has 0 spiro atoms. The molecule has 0 atom stereocenters. The van der Waals surface area contributed by atoms with Crippen molar-refractivity contribution in [1.82, 2.24) is 20.5 Å². The second kappa shape index (κ2) is 10.4. The van der Waals surface area contributed by atoms with Crippen LogP contribution >= 0.6 is 15.9 Å². The Morgan fingerprint density at radius 1 is 1.24 bits per heavy atom. The van der Waals surface area contributed by atoms with Crippen LogP contribution in [0, 0.1) is 13.8 Å².